The van der Waals surface area contributed by atoms with Gasteiger partial charge in [-0.15, -0.1) is 0 Å². The van der Waals surface area contributed by atoms with E-state index in [1.54, 1.807) is 6.20 Å². The minimum absolute atomic E-state index is 0.452. The fraction of sp³-hybridized carbons (Fsp3) is 0.273. The third-order valence-corrected chi connectivity index (χ3v) is 5.56. The summed E-state index contributed by atoms with van der Waals surface area (Å²) in [6.07, 6.45) is 3.84. The van der Waals surface area contributed by atoms with Gasteiger partial charge < -0.3 is 5.32 Å². The van der Waals surface area contributed by atoms with Gasteiger partial charge in [0.2, 0.25) is 0 Å². The number of fused-ring (bicyclic) bond motifs is 1. The second-order valence-electron chi connectivity index (χ2n) is 7.31. The van der Waals surface area contributed by atoms with E-state index in [9.17, 15) is 18.0 Å². The van der Waals surface area contributed by atoms with Crippen LogP contribution in [0.3, 0.4) is 0 Å². The molecular formula is C22H20F3N3O. The molecule has 3 aromatic rings. The molecule has 0 aliphatic heterocycles. The topological polar surface area (TPSA) is 46.9 Å². The Morgan fingerprint density at radius 1 is 1.14 bits per heavy atom. The molecule has 0 saturated heterocycles. The van der Waals surface area contributed by atoms with Crippen molar-refractivity contribution in [1.82, 2.24) is 15.1 Å². The maximum Gasteiger partial charge on any atom is 0.257 e. The second kappa shape index (κ2) is 7.39. The number of benzene rings is 2. The van der Waals surface area contributed by atoms with E-state index in [0.29, 0.717) is 12.5 Å². The van der Waals surface area contributed by atoms with Crippen LogP contribution in [-0.2, 0) is 6.42 Å². The molecule has 1 amide bonds. The zero-order valence-electron chi connectivity index (χ0n) is 16.1. The highest BCUT2D eigenvalue weighted by molar-refractivity contribution is 5.95. The molecule has 0 radical (unpaired) electrons. The summed E-state index contributed by atoms with van der Waals surface area (Å²) >= 11 is 0. The fourth-order valence-electron chi connectivity index (χ4n) is 3.85. The number of carbonyl (C=O) groups is 1. The summed E-state index contributed by atoms with van der Waals surface area (Å²) in [5.41, 5.74) is 4.07. The van der Waals surface area contributed by atoms with E-state index in [4.69, 9.17) is 0 Å². The first kappa shape index (κ1) is 19.2. The van der Waals surface area contributed by atoms with Gasteiger partial charge in [0.1, 0.15) is 11.4 Å². The number of aromatic nitrogens is 2. The first-order chi connectivity index (χ1) is 13.9. The third-order valence-electron chi connectivity index (χ3n) is 5.56. The molecule has 2 aromatic carbocycles. The summed E-state index contributed by atoms with van der Waals surface area (Å²) in [7, 11) is 0. The molecule has 0 unspecified atom stereocenters. The summed E-state index contributed by atoms with van der Waals surface area (Å²) in [5, 5.41) is 7.16. The van der Waals surface area contributed by atoms with Gasteiger partial charge in [0.25, 0.3) is 5.91 Å². The van der Waals surface area contributed by atoms with Gasteiger partial charge >= 0.3 is 0 Å². The van der Waals surface area contributed by atoms with Crippen molar-refractivity contribution in [3.8, 4) is 5.69 Å². The third kappa shape index (κ3) is 3.30. The van der Waals surface area contributed by atoms with E-state index in [0.717, 1.165) is 47.0 Å². The maximum absolute atomic E-state index is 14.0. The molecule has 1 aliphatic rings. The number of halogens is 3. The predicted octanol–water partition coefficient (Wildman–Crippen LogP) is 4.71. The van der Waals surface area contributed by atoms with Crippen LogP contribution in [-0.4, -0.2) is 15.7 Å². The van der Waals surface area contributed by atoms with Crippen LogP contribution in [0.4, 0.5) is 13.2 Å². The van der Waals surface area contributed by atoms with Crippen LogP contribution in [0.15, 0.2) is 36.5 Å². The maximum atomic E-state index is 14.0. The highest BCUT2D eigenvalue weighted by atomic mass is 19.2. The highest BCUT2D eigenvalue weighted by Crippen LogP contribution is 2.32. The Kier molecular flexibility index (Phi) is 4.90. The largest absolute Gasteiger partial charge is 0.345 e. The lowest BCUT2D eigenvalue weighted by atomic mass is 9.92. The first-order valence-corrected chi connectivity index (χ1v) is 9.46. The number of carbonyl (C=O) groups excluding carboxylic acids is 1. The molecule has 0 spiro atoms. The van der Waals surface area contributed by atoms with E-state index in [-0.39, 0.29) is 0 Å². The van der Waals surface area contributed by atoms with Crippen LogP contribution < -0.4 is 5.32 Å². The number of hydrogen-bond donors (Lipinski definition) is 1. The van der Waals surface area contributed by atoms with Crippen molar-refractivity contribution in [2.24, 2.45) is 0 Å². The van der Waals surface area contributed by atoms with Crippen molar-refractivity contribution in [3.05, 3.63) is 81.9 Å². The van der Waals surface area contributed by atoms with E-state index in [1.807, 2.05) is 36.7 Å². The Labute approximate surface area is 166 Å². The van der Waals surface area contributed by atoms with Gasteiger partial charge in [-0.05, 0) is 62.4 Å². The number of hydrogen-bond acceptors (Lipinski definition) is 2. The van der Waals surface area contributed by atoms with Crippen LogP contribution >= 0.6 is 0 Å². The number of rotatable bonds is 3. The Balaban J connectivity index is 1.67. The van der Waals surface area contributed by atoms with Crippen LogP contribution in [0.25, 0.3) is 5.69 Å². The molecule has 150 valence electrons. The zero-order chi connectivity index (χ0) is 20.7. The Hall–Kier alpha value is -3.09. The Bertz CT molecular complexity index is 1110. The lowest BCUT2D eigenvalue weighted by molar-refractivity contribution is 0.0923. The Morgan fingerprint density at radius 3 is 2.69 bits per heavy atom. The first-order valence-electron chi connectivity index (χ1n) is 9.46. The van der Waals surface area contributed by atoms with Crippen LogP contribution in [0.1, 0.15) is 51.6 Å². The van der Waals surface area contributed by atoms with Gasteiger partial charge in [-0.2, -0.15) is 5.10 Å². The van der Waals surface area contributed by atoms with Gasteiger partial charge in [-0.3, -0.25) is 4.79 Å². The second-order valence-corrected chi connectivity index (χ2v) is 7.31. The summed E-state index contributed by atoms with van der Waals surface area (Å²) in [4.78, 5) is 12.5. The standard InChI is InChI=1S/C22H20F3N3O/c1-12-5-3-7-18(13(12)2)28-19-8-4-6-17(14(19)11-26-28)27-22(29)20-15(23)9-10-16(24)21(20)25/h3,5,7,9-11,17H,4,6,8H2,1-2H3,(H,27,29)/t17-/m0/s1. The zero-order valence-corrected chi connectivity index (χ0v) is 16.1. The molecule has 0 saturated carbocycles. The van der Waals surface area contributed by atoms with E-state index in [2.05, 4.69) is 10.4 Å². The van der Waals surface area contributed by atoms with Crippen LogP contribution in [0, 0.1) is 31.3 Å². The molecule has 1 heterocycles. The Morgan fingerprint density at radius 2 is 1.90 bits per heavy atom. The lowest BCUT2D eigenvalue weighted by Gasteiger charge is -2.25. The lowest BCUT2D eigenvalue weighted by Crippen LogP contribution is -2.32. The number of aryl methyl sites for hydroxylation is 1. The van der Waals surface area contributed by atoms with Gasteiger partial charge in [0, 0.05) is 11.3 Å². The van der Waals surface area contributed by atoms with Crippen molar-refractivity contribution < 1.29 is 18.0 Å². The molecule has 4 nitrogen and oxygen atoms in total. The van der Waals surface area contributed by atoms with E-state index >= 15 is 0 Å². The average Bonchev–Trinajstić information content (AvgIpc) is 3.12. The van der Waals surface area contributed by atoms with Gasteiger partial charge in [0.15, 0.2) is 11.6 Å². The SMILES string of the molecule is Cc1cccc(-n2ncc3c2CCC[C@@H]3NC(=O)c2c(F)ccc(F)c2F)c1C. The quantitative estimate of drug-likeness (QED) is 0.648. The van der Waals surface area contributed by atoms with Crippen LogP contribution in [0.2, 0.25) is 0 Å². The minimum atomic E-state index is -1.48. The molecular weight excluding hydrogens is 379 g/mol. The molecule has 1 N–H and O–H groups in total. The normalized spacial score (nSPS) is 15.8. The van der Waals surface area contributed by atoms with E-state index in [1.165, 1.54) is 0 Å². The molecule has 1 atom stereocenters. The number of nitrogens with zero attached hydrogens (tertiary/aromatic N) is 2. The fourth-order valence-corrected chi connectivity index (χ4v) is 3.85. The van der Waals surface area contributed by atoms with Crippen molar-refractivity contribution in [3.63, 3.8) is 0 Å². The summed E-state index contributed by atoms with van der Waals surface area (Å²) < 4.78 is 43.3. The van der Waals surface area contributed by atoms with Crippen molar-refractivity contribution in [1.29, 1.82) is 0 Å². The van der Waals surface area contributed by atoms with E-state index < -0.39 is 35.0 Å². The molecule has 4 rings (SSSR count). The monoisotopic (exact) mass is 399 g/mol. The van der Waals surface area contributed by atoms with Crippen molar-refractivity contribution in [2.75, 3.05) is 0 Å². The smallest absolute Gasteiger partial charge is 0.257 e. The molecule has 7 heteroatoms. The summed E-state index contributed by atoms with van der Waals surface area (Å²) in [5.74, 6) is -4.81. The molecule has 0 fully saturated rings. The molecule has 1 aliphatic carbocycles. The molecule has 29 heavy (non-hydrogen) atoms. The number of nitrogens with one attached hydrogen (secondary N) is 1. The van der Waals surface area contributed by atoms with Crippen molar-refractivity contribution >= 4 is 5.91 Å². The average molecular weight is 399 g/mol. The minimum Gasteiger partial charge on any atom is -0.345 e. The van der Waals surface area contributed by atoms with Crippen molar-refractivity contribution in [2.45, 2.75) is 39.2 Å². The van der Waals surface area contributed by atoms with Gasteiger partial charge in [0.05, 0.1) is 17.9 Å². The highest BCUT2D eigenvalue weighted by Gasteiger charge is 2.29. The summed E-state index contributed by atoms with van der Waals surface area (Å²) in [6, 6.07) is 6.93. The predicted molar refractivity (Wildman–Crippen MR) is 102 cm³/mol. The van der Waals surface area contributed by atoms with Crippen LogP contribution in [0.5, 0.6) is 0 Å². The van der Waals surface area contributed by atoms with Gasteiger partial charge in [-0.1, -0.05) is 12.1 Å². The molecule has 1 aromatic heterocycles. The number of amides is 1. The van der Waals surface area contributed by atoms with Gasteiger partial charge in [-0.25, -0.2) is 17.9 Å². The molecule has 0 bridgehead atoms. The summed E-state index contributed by atoms with van der Waals surface area (Å²) in [6.45, 7) is 4.05.